The van der Waals surface area contributed by atoms with Gasteiger partial charge in [0.15, 0.2) is 0 Å². The maximum absolute atomic E-state index is 10.9. The van der Waals surface area contributed by atoms with Crippen LogP contribution in [0.3, 0.4) is 0 Å². The highest BCUT2D eigenvalue weighted by molar-refractivity contribution is 5.73. The number of nitrogens with one attached hydrogen (secondary N) is 2. The normalized spacial score (nSPS) is 38.2. The first-order chi connectivity index (χ1) is 5.79. The number of hydrazine groups is 1. The summed E-state index contributed by atoms with van der Waals surface area (Å²) >= 11 is 0. The Morgan fingerprint density at radius 1 is 1.25 bits per heavy atom. The van der Waals surface area contributed by atoms with Crippen molar-refractivity contribution in [1.82, 2.24) is 10.7 Å². The molecule has 3 unspecified atom stereocenters. The lowest BCUT2D eigenvalue weighted by Crippen LogP contribution is -2.45. The number of hydrogen-bond donors (Lipinski definition) is 3. The molecule has 0 radical (unpaired) electrons. The Morgan fingerprint density at radius 2 is 2.08 bits per heavy atom. The molecule has 4 nitrogen and oxygen atoms in total. The average molecular weight is 169 g/mol. The molecule has 4 heteroatoms. The largest absolute Gasteiger partial charge is 0.334 e. The highest BCUT2D eigenvalue weighted by atomic mass is 16.2. The maximum atomic E-state index is 10.9. The van der Waals surface area contributed by atoms with Gasteiger partial charge in [0.1, 0.15) is 0 Å². The van der Waals surface area contributed by atoms with Crippen molar-refractivity contribution >= 4 is 6.03 Å². The highest BCUT2D eigenvalue weighted by Crippen LogP contribution is 2.49. The molecule has 4 N–H and O–H groups in total. The number of carbonyl (C=O) groups is 1. The number of nitrogens with two attached hydrogens (primary N) is 1. The van der Waals surface area contributed by atoms with Crippen molar-refractivity contribution in [2.75, 3.05) is 0 Å². The molecule has 68 valence electrons. The topological polar surface area (TPSA) is 67.1 Å². The molecule has 2 rings (SSSR count). The van der Waals surface area contributed by atoms with Crippen molar-refractivity contribution in [2.45, 2.75) is 31.7 Å². The predicted molar refractivity (Wildman–Crippen MR) is 45.1 cm³/mol. The smallest absolute Gasteiger partial charge is 0.329 e. The molecule has 2 aliphatic rings. The number of amides is 2. The van der Waals surface area contributed by atoms with Gasteiger partial charge < -0.3 is 5.32 Å². The van der Waals surface area contributed by atoms with E-state index in [1.807, 2.05) is 0 Å². The number of carbonyl (C=O) groups excluding carboxylic acids is 1. The van der Waals surface area contributed by atoms with Gasteiger partial charge in [-0.3, -0.25) is 5.43 Å². The third-order valence-electron chi connectivity index (χ3n) is 3.01. The molecule has 2 aliphatic carbocycles. The third kappa shape index (κ3) is 1.53. The fraction of sp³-hybridized carbons (Fsp3) is 0.875. The molecule has 0 aromatic heterocycles. The maximum Gasteiger partial charge on any atom is 0.329 e. The van der Waals surface area contributed by atoms with E-state index in [4.69, 9.17) is 5.84 Å². The Balaban J connectivity index is 1.77. The summed E-state index contributed by atoms with van der Waals surface area (Å²) in [7, 11) is 0. The highest BCUT2D eigenvalue weighted by Gasteiger charge is 2.42. The van der Waals surface area contributed by atoms with Crippen molar-refractivity contribution in [1.29, 1.82) is 0 Å². The summed E-state index contributed by atoms with van der Waals surface area (Å²) in [6, 6.07) is 0.108. The number of hydrogen-bond acceptors (Lipinski definition) is 2. The third-order valence-corrected chi connectivity index (χ3v) is 3.01. The van der Waals surface area contributed by atoms with Crippen molar-refractivity contribution in [3.63, 3.8) is 0 Å². The van der Waals surface area contributed by atoms with Gasteiger partial charge in [-0.2, -0.15) is 0 Å². The molecule has 2 amide bonds. The molecule has 2 fully saturated rings. The van der Waals surface area contributed by atoms with Crippen molar-refractivity contribution < 1.29 is 4.79 Å². The lowest BCUT2D eigenvalue weighted by molar-refractivity contribution is 0.232. The predicted octanol–water partition coefficient (Wildman–Crippen LogP) is 0.348. The molecule has 3 atom stereocenters. The van der Waals surface area contributed by atoms with Crippen LogP contribution in [0.15, 0.2) is 0 Å². The van der Waals surface area contributed by atoms with Crippen molar-refractivity contribution in [2.24, 2.45) is 17.7 Å². The minimum Gasteiger partial charge on any atom is -0.334 e. The van der Waals surface area contributed by atoms with E-state index in [2.05, 4.69) is 10.7 Å². The first kappa shape index (κ1) is 7.86. The van der Waals surface area contributed by atoms with Crippen LogP contribution in [0.4, 0.5) is 4.79 Å². The van der Waals surface area contributed by atoms with E-state index in [-0.39, 0.29) is 6.03 Å². The molecule has 12 heavy (non-hydrogen) atoms. The van der Waals surface area contributed by atoms with Gasteiger partial charge in [0.25, 0.3) is 0 Å². The molecular weight excluding hydrogens is 154 g/mol. The minimum absolute atomic E-state index is 0.251. The Kier molecular flexibility index (Phi) is 1.92. The lowest BCUT2D eigenvalue weighted by atomic mass is 9.96. The van der Waals surface area contributed by atoms with Gasteiger partial charge in [-0.25, -0.2) is 10.6 Å². The first-order valence-corrected chi connectivity index (χ1v) is 4.56. The SMILES string of the molecule is NNC(=O)NC1CCC2CC2C1. The molecule has 0 spiro atoms. The molecule has 0 saturated heterocycles. The van der Waals surface area contributed by atoms with E-state index in [0.29, 0.717) is 6.04 Å². The van der Waals surface area contributed by atoms with Crippen molar-refractivity contribution in [3.8, 4) is 0 Å². The second kappa shape index (κ2) is 2.94. The molecule has 0 aromatic carbocycles. The quantitative estimate of drug-likeness (QED) is 0.301. The molecule has 0 bridgehead atoms. The van der Waals surface area contributed by atoms with Crippen LogP contribution in [0.2, 0.25) is 0 Å². The summed E-state index contributed by atoms with van der Waals surface area (Å²) in [5.74, 6) is 6.84. The van der Waals surface area contributed by atoms with E-state index >= 15 is 0 Å². The zero-order valence-electron chi connectivity index (χ0n) is 7.05. The molecule has 2 saturated carbocycles. The van der Waals surface area contributed by atoms with Crippen LogP contribution in [0.5, 0.6) is 0 Å². The van der Waals surface area contributed by atoms with Crippen LogP contribution in [-0.4, -0.2) is 12.1 Å². The van der Waals surface area contributed by atoms with Crippen LogP contribution < -0.4 is 16.6 Å². The first-order valence-electron chi connectivity index (χ1n) is 4.56. The summed E-state index contributed by atoms with van der Waals surface area (Å²) < 4.78 is 0. The van der Waals surface area contributed by atoms with Crippen LogP contribution in [0, 0.1) is 11.8 Å². The van der Waals surface area contributed by atoms with Gasteiger partial charge in [-0.1, -0.05) is 0 Å². The summed E-state index contributed by atoms with van der Waals surface area (Å²) in [6.07, 6.45) is 4.93. The van der Waals surface area contributed by atoms with Gasteiger partial charge >= 0.3 is 6.03 Å². The van der Waals surface area contributed by atoms with E-state index in [9.17, 15) is 4.79 Å². The monoisotopic (exact) mass is 169 g/mol. The van der Waals surface area contributed by atoms with Crippen LogP contribution in [0.25, 0.3) is 0 Å². The standard InChI is InChI=1S/C8H15N3O/c9-11-8(12)10-7-2-1-5-3-6(5)4-7/h5-7H,1-4,9H2,(H2,10,11,12). The van der Waals surface area contributed by atoms with E-state index < -0.39 is 0 Å². The van der Waals surface area contributed by atoms with Crippen LogP contribution >= 0.6 is 0 Å². The summed E-state index contributed by atoms with van der Waals surface area (Å²) in [5.41, 5.74) is 2.09. The minimum atomic E-state index is -0.251. The molecule has 0 aromatic rings. The fourth-order valence-corrected chi connectivity index (χ4v) is 2.21. The molecule has 0 aliphatic heterocycles. The fourth-order valence-electron chi connectivity index (χ4n) is 2.21. The number of rotatable bonds is 1. The molecular formula is C8H15N3O. The van der Waals surface area contributed by atoms with Gasteiger partial charge in [0, 0.05) is 6.04 Å². The average Bonchev–Trinajstić information content (AvgIpc) is 2.82. The van der Waals surface area contributed by atoms with Gasteiger partial charge in [0.2, 0.25) is 0 Å². The summed E-state index contributed by atoms with van der Waals surface area (Å²) in [4.78, 5) is 10.9. The second-order valence-corrected chi connectivity index (χ2v) is 3.88. The Morgan fingerprint density at radius 3 is 2.75 bits per heavy atom. The van der Waals surface area contributed by atoms with Gasteiger partial charge in [-0.15, -0.1) is 0 Å². The van der Waals surface area contributed by atoms with Crippen LogP contribution in [-0.2, 0) is 0 Å². The van der Waals surface area contributed by atoms with E-state index in [1.54, 1.807) is 0 Å². The Hall–Kier alpha value is -0.770. The summed E-state index contributed by atoms with van der Waals surface area (Å²) in [5, 5.41) is 2.85. The second-order valence-electron chi connectivity index (χ2n) is 3.88. The molecule has 0 heterocycles. The lowest BCUT2D eigenvalue weighted by Gasteiger charge is -2.21. The van der Waals surface area contributed by atoms with E-state index in [0.717, 1.165) is 24.7 Å². The Labute approximate surface area is 71.9 Å². The zero-order valence-corrected chi connectivity index (χ0v) is 7.05. The zero-order chi connectivity index (χ0) is 8.55. The summed E-state index contributed by atoms with van der Waals surface area (Å²) in [6.45, 7) is 0. The number of fused-ring (bicyclic) bond motifs is 1. The van der Waals surface area contributed by atoms with Crippen LogP contribution in [0.1, 0.15) is 25.7 Å². The van der Waals surface area contributed by atoms with E-state index in [1.165, 1.54) is 12.8 Å². The van der Waals surface area contributed by atoms with Gasteiger partial charge in [-0.05, 0) is 37.5 Å². The van der Waals surface area contributed by atoms with Gasteiger partial charge in [0.05, 0.1) is 0 Å². The number of urea groups is 1. The Bertz CT molecular complexity index is 195. The van der Waals surface area contributed by atoms with Crippen molar-refractivity contribution in [3.05, 3.63) is 0 Å².